The summed E-state index contributed by atoms with van der Waals surface area (Å²) in [7, 11) is -1.14. The van der Waals surface area contributed by atoms with Crippen molar-refractivity contribution >= 4 is 33.5 Å². The van der Waals surface area contributed by atoms with Crippen molar-refractivity contribution < 1.29 is 27.5 Å². The molecule has 0 bridgehead atoms. The molecule has 0 aromatic heterocycles. The molecular weight excluding hydrogens is 410 g/mol. The van der Waals surface area contributed by atoms with Crippen LogP contribution in [0.5, 0.6) is 0 Å². The maximum Gasteiger partial charge on any atom is 0.325 e. The average Bonchev–Trinajstić information content (AvgIpc) is 2.73. The summed E-state index contributed by atoms with van der Waals surface area (Å²) >= 11 is 0. The molecule has 2 aromatic carbocycles. The number of carbonyl (C=O) groups excluding carboxylic acids is 3. The first-order chi connectivity index (χ1) is 14.2. The van der Waals surface area contributed by atoms with Gasteiger partial charge in [0, 0.05) is 11.3 Å². The molecule has 0 aliphatic heterocycles. The Kier molecular flexibility index (Phi) is 7.67. The molecule has 0 spiro atoms. The number of esters is 1. The van der Waals surface area contributed by atoms with Gasteiger partial charge in [-0.3, -0.25) is 14.4 Å². The predicted molar refractivity (Wildman–Crippen MR) is 111 cm³/mol. The van der Waals surface area contributed by atoms with E-state index in [4.69, 9.17) is 0 Å². The van der Waals surface area contributed by atoms with E-state index in [1.807, 2.05) is 0 Å². The predicted octanol–water partition coefficient (Wildman–Crippen LogP) is 0.987. The quantitative estimate of drug-likeness (QED) is 0.532. The van der Waals surface area contributed by atoms with Crippen LogP contribution in [-0.2, 0) is 30.8 Å². The number of hydrogen-bond acceptors (Lipinski definition) is 6. The SMILES string of the molecule is CNS(=O)(=O)c1ccc(C)c(C(=O)Nc2ccc(CC(=O)NCC(=O)OC)cc2)c1. The molecule has 0 saturated carbocycles. The summed E-state index contributed by atoms with van der Waals surface area (Å²) in [6, 6.07) is 10.9. The highest BCUT2D eigenvalue weighted by Gasteiger charge is 2.17. The number of anilines is 1. The van der Waals surface area contributed by atoms with E-state index in [-0.39, 0.29) is 29.3 Å². The van der Waals surface area contributed by atoms with Crippen molar-refractivity contribution in [2.75, 3.05) is 26.0 Å². The summed E-state index contributed by atoms with van der Waals surface area (Å²) in [5.41, 5.74) is 2.03. The molecule has 2 rings (SSSR count). The maximum atomic E-state index is 12.6. The lowest BCUT2D eigenvalue weighted by atomic mass is 10.1. The molecule has 2 amide bonds. The van der Waals surface area contributed by atoms with Gasteiger partial charge in [-0.05, 0) is 49.4 Å². The van der Waals surface area contributed by atoms with Gasteiger partial charge >= 0.3 is 5.97 Å². The van der Waals surface area contributed by atoms with E-state index < -0.39 is 21.9 Å². The van der Waals surface area contributed by atoms with Crippen molar-refractivity contribution in [1.82, 2.24) is 10.0 Å². The molecule has 0 atom stereocenters. The third-order valence-corrected chi connectivity index (χ3v) is 5.68. The molecule has 0 saturated heterocycles. The lowest BCUT2D eigenvalue weighted by molar-refractivity contribution is -0.141. The van der Waals surface area contributed by atoms with Crippen molar-refractivity contribution in [3.63, 3.8) is 0 Å². The molecule has 0 fully saturated rings. The summed E-state index contributed by atoms with van der Waals surface area (Å²) in [6.45, 7) is 1.51. The van der Waals surface area contributed by atoms with Crippen LogP contribution in [0, 0.1) is 6.92 Å². The zero-order valence-corrected chi connectivity index (χ0v) is 17.6. The van der Waals surface area contributed by atoms with Gasteiger partial charge in [0.1, 0.15) is 6.54 Å². The zero-order valence-electron chi connectivity index (χ0n) is 16.8. The topological polar surface area (TPSA) is 131 Å². The number of rotatable bonds is 8. The Balaban J connectivity index is 2.05. The molecule has 160 valence electrons. The first kappa shape index (κ1) is 23.0. The summed E-state index contributed by atoms with van der Waals surface area (Å²) in [5.74, 6) is -1.33. The number of methoxy groups -OCH3 is 1. The average molecular weight is 433 g/mol. The van der Waals surface area contributed by atoms with E-state index in [1.54, 1.807) is 37.3 Å². The lowest BCUT2D eigenvalue weighted by Crippen LogP contribution is -2.31. The van der Waals surface area contributed by atoms with Crippen LogP contribution in [0.15, 0.2) is 47.4 Å². The molecule has 10 heteroatoms. The Morgan fingerprint density at radius 1 is 1.03 bits per heavy atom. The molecule has 0 aliphatic rings. The van der Waals surface area contributed by atoms with Crippen molar-refractivity contribution in [2.24, 2.45) is 0 Å². The Labute approximate surface area is 174 Å². The zero-order chi connectivity index (χ0) is 22.3. The molecule has 3 N–H and O–H groups in total. The van der Waals surface area contributed by atoms with Gasteiger partial charge in [0.15, 0.2) is 0 Å². The number of sulfonamides is 1. The standard InChI is InChI=1S/C20H23N3O6S/c1-13-4-9-16(30(27,28)21-2)11-17(13)20(26)23-15-7-5-14(6-8-15)10-18(24)22-12-19(25)29-3/h4-9,11,21H,10,12H2,1-3H3,(H,22,24)(H,23,26). The molecule has 2 aromatic rings. The number of ether oxygens (including phenoxy) is 1. The first-order valence-corrected chi connectivity index (χ1v) is 10.4. The van der Waals surface area contributed by atoms with E-state index >= 15 is 0 Å². The van der Waals surface area contributed by atoms with Gasteiger partial charge in [-0.15, -0.1) is 0 Å². The molecule has 0 aliphatic carbocycles. The summed E-state index contributed by atoms with van der Waals surface area (Å²) in [5, 5.41) is 5.15. The summed E-state index contributed by atoms with van der Waals surface area (Å²) < 4.78 is 30.6. The van der Waals surface area contributed by atoms with Crippen LogP contribution in [0.1, 0.15) is 21.5 Å². The maximum absolute atomic E-state index is 12.6. The van der Waals surface area contributed by atoms with E-state index in [1.165, 1.54) is 26.3 Å². The monoisotopic (exact) mass is 433 g/mol. The molecular formula is C20H23N3O6S. The highest BCUT2D eigenvalue weighted by atomic mass is 32.2. The minimum absolute atomic E-state index is 0.00550. The summed E-state index contributed by atoms with van der Waals surface area (Å²) in [6.07, 6.45) is 0.0637. The molecule has 0 heterocycles. The fourth-order valence-corrected chi connectivity index (χ4v) is 3.28. The van der Waals surface area contributed by atoms with Gasteiger partial charge in [-0.2, -0.15) is 0 Å². The van der Waals surface area contributed by atoms with Crippen molar-refractivity contribution in [1.29, 1.82) is 0 Å². The minimum atomic E-state index is -3.67. The van der Waals surface area contributed by atoms with Crippen molar-refractivity contribution in [3.8, 4) is 0 Å². The molecule has 9 nitrogen and oxygen atoms in total. The third kappa shape index (κ3) is 6.13. The highest BCUT2D eigenvalue weighted by Crippen LogP contribution is 2.18. The normalized spacial score (nSPS) is 10.9. The van der Waals surface area contributed by atoms with Gasteiger partial charge in [-0.1, -0.05) is 18.2 Å². The number of aryl methyl sites for hydroxylation is 1. The Bertz CT molecular complexity index is 1050. The van der Waals surface area contributed by atoms with Gasteiger partial charge in [-0.25, -0.2) is 13.1 Å². The van der Waals surface area contributed by atoms with Crippen LogP contribution >= 0.6 is 0 Å². The van der Waals surface area contributed by atoms with Crippen molar-refractivity contribution in [2.45, 2.75) is 18.2 Å². The van der Waals surface area contributed by atoms with Gasteiger partial charge in [0.25, 0.3) is 5.91 Å². The summed E-state index contributed by atoms with van der Waals surface area (Å²) in [4.78, 5) is 35.5. The van der Waals surface area contributed by atoms with Crippen LogP contribution in [0.3, 0.4) is 0 Å². The fraction of sp³-hybridized carbons (Fsp3) is 0.250. The number of amides is 2. The van der Waals surface area contributed by atoms with Gasteiger partial charge < -0.3 is 15.4 Å². The number of nitrogens with one attached hydrogen (secondary N) is 3. The second-order valence-corrected chi connectivity index (χ2v) is 8.25. The van der Waals surface area contributed by atoms with Crippen LogP contribution in [0.4, 0.5) is 5.69 Å². The van der Waals surface area contributed by atoms with Gasteiger partial charge in [0.05, 0.1) is 18.4 Å². The highest BCUT2D eigenvalue weighted by molar-refractivity contribution is 7.89. The Hall–Kier alpha value is -3.24. The number of carbonyl (C=O) groups is 3. The Morgan fingerprint density at radius 3 is 2.30 bits per heavy atom. The van der Waals surface area contributed by atoms with E-state index in [0.29, 0.717) is 16.8 Å². The first-order valence-electron chi connectivity index (χ1n) is 8.94. The smallest absolute Gasteiger partial charge is 0.325 e. The lowest BCUT2D eigenvalue weighted by Gasteiger charge is -2.11. The van der Waals surface area contributed by atoms with E-state index in [9.17, 15) is 22.8 Å². The molecule has 0 unspecified atom stereocenters. The van der Waals surface area contributed by atoms with Crippen molar-refractivity contribution in [3.05, 3.63) is 59.2 Å². The van der Waals surface area contributed by atoms with Crippen LogP contribution in [-0.4, -0.2) is 46.9 Å². The second kappa shape index (κ2) is 9.99. The third-order valence-electron chi connectivity index (χ3n) is 4.27. The van der Waals surface area contributed by atoms with Crippen LogP contribution < -0.4 is 15.4 Å². The van der Waals surface area contributed by atoms with Crippen LogP contribution in [0.25, 0.3) is 0 Å². The van der Waals surface area contributed by atoms with Gasteiger partial charge in [0.2, 0.25) is 15.9 Å². The van der Waals surface area contributed by atoms with Crippen LogP contribution in [0.2, 0.25) is 0 Å². The number of benzene rings is 2. The fourth-order valence-electron chi connectivity index (χ4n) is 2.53. The second-order valence-electron chi connectivity index (χ2n) is 6.36. The molecule has 30 heavy (non-hydrogen) atoms. The van der Waals surface area contributed by atoms with E-state index in [2.05, 4.69) is 20.1 Å². The van der Waals surface area contributed by atoms with E-state index in [0.717, 1.165) is 0 Å². The Morgan fingerprint density at radius 2 is 1.70 bits per heavy atom. The minimum Gasteiger partial charge on any atom is -0.468 e. The number of hydrogen-bond donors (Lipinski definition) is 3. The largest absolute Gasteiger partial charge is 0.468 e. The molecule has 0 radical (unpaired) electrons.